The van der Waals surface area contributed by atoms with Crippen molar-refractivity contribution in [3.05, 3.63) is 88.6 Å². The average Bonchev–Trinajstić information content (AvgIpc) is 3.20. The second kappa shape index (κ2) is 7.63. The summed E-state index contributed by atoms with van der Waals surface area (Å²) in [4.78, 5) is 11.0. The van der Waals surface area contributed by atoms with Crippen LogP contribution in [0.1, 0.15) is 32.6 Å². The molecule has 0 saturated carbocycles. The number of aromatic nitrogens is 1. The summed E-state index contributed by atoms with van der Waals surface area (Å²) >= 11 is 0. The van der Waals surface area contributed by atoms with Gasteiger partial charge in [-0.3, -0.25) is 4.79 Å². The van der Waals surface area contributed by atoms with E-state index in [0.717, 1.165) is 33.7 Å². The van der Waals surface area contributed by atoms with Crippen LogP contribution in [0.3, 0.4) is 0 Å². The SMILES string of the molecule is Cc1c(/C=C/c2cc(C=O)ccc2C(F)(F)F)cccc1-c1ccc2cnoc2c1. The molecule has 150 valence electrons. The third kappa shape index (κ3) is 3.76. The van der Waals surface area contributed by atoms with Crippen molar-refractivity contribution in [2.45, 2.75) is 13.1 Å². The van der Waals surface area contributed by atoms with Gasteiger partial charge in [0.1, 0.15) is 6.29 Å². The van der Waals surface area contributed by atoms with Crippen molar-refractivity contribution in [2.24, 2.45) is 0 Å². The first-order valence-electron chi connectivity index (χ1n) is 9.16. The molecule has 0 amide bonds. The number of hydrogen-bond acceptors (Lipinski definition) is 3. The maximum absolute atomic E-state index is 13.3. The van der Waals surface area contributed by atoms with E-state index in [0.29, 0.717) is 11.9 Å². The molecule has 0 spiro atoms. The molecule has 30 heavy (non-hydrogen) atoms. The molecule has 0 saturated heterocycles. The molecule has 0 aliphatic heterocycles. The number of alkyl halides is 3. The van der Waals surface area contributed by atoms with Crippen LogP contribution in [-0.4, -0.2) is 11.4 Å². The van der Waals surface area contributed by atoms with E-state index in [-0.39, 0.29) is 11.1 Å². The summed E-state index contributed by atoms with van der Waals surface area (Å²) in [6.45, 7) is 1.91. The lowest BCUT2D eigenvalue weighted by molar-refractivity contribution is -0.137. The fourth-order valence-corrected chi connectivity index (χ4v) is 3.40. The van der Waals surface area contributed by atoms with Gasteiger partial charge in [0.25, 0.3) is 0 Å². The number of nitrogens with zero attached hydrogens (tertiary/aromatic N) is 1. The minimum atomic E-state index is -4.51. The van der Waals surface area contributed by atoms with Gasteiger partial charge in [0.05, 0.1) is 11.8 Å². The van der Waals surface area contributed by atoms with Gasteiger partial charge in [-0.1, -0.05) is 47.6 Å². The number of halogens is 3. The minimum Gasteiger partial charge on any atom is -0.356 e. The third-order valence-corrected chi connectivity index (χ3v) is 5.00. The summed E-state index contributed by atoms with van der Waals surface area (Å²) in [6.07, 6.45) is 0.677. The Morgan fingerprint density at radius 3 is 2.53 bits per heavy atom. The zero-order valence-electron chi connectivity index (χ0n) is 15.9. The lowest BCUT2D eigenvalue weighted by atomic mass is 9.95. The van der Waals surface area contributed by atoms with Gasteiger partial charge in [0.15, 0.2) is 5.58 Å². The van der Waals surface area contributed by atoms with E-state index in [1.165, 1.54) is 18.2 Å². The Morgan fingerprint density at radius 1 is 0.967 bits per heavy atom. The van der Waals surface area contributed by atoms with Crippen molar-refractivity contribution < 1.29 is 22.5 Å². The predicted molar refractivity (Wildman–Crippen MR) is 110 cm³/mol. The van der Waals surface area contributed by atoms with E-state index in [1.807, 2.05) is 43.3 Å². The first kappa shape index (κ1) is 19.6. The molecule has 0 aliphatic rings. The van der Waals surface area contributed by atoms with Crippen molar-refractivity contribution in [1.29, 1.82) is 0 Å². The van der Waals surface area contributed by atoms with E-state index in [1.54, 1.807) is 12.3 Å². The van der Waals surface area contributed by atoms with Crippen LogP contribution in [0.15, 0.2) is 65.3 Å². The van der Waals surface area contributed by atoms with Crippen molar-refractivity contribution in [1.82, 2.24) is 5.16 Å². The van der Waals surface area contributed by atoms with Crippen molar-refractivity contribution in [3.8, 4) is 11.1 Å². The molecule has 6 heteroatoms. The number of aldehydes is 1. The Labute approximate surface area is 170 Å². The minimum absolute atomic E-state index is 0.0556. The third-order valence-electron chi connectivity index (χ3n) is 5.00. The monoisotopic (exact) mass is 407 g/mol. The normalized spacial score (nSPS) is 12.0. The summed E-state index contributed by atoms with van der Waals surface area (Å²) in [5.41, 5.74) is 3.55. The number of carbonyl (C=O) groups is 1. The molecule has 0 unspecified atom stereocenters. The van der Waals surface area contributed by atoms with Gasteiger partial charge in [-0.05, 0) is 59.0 Å². The van der Waals surface area contributed by atoms with E-state index in [4.69, 9.17) is 4.52 Å². The van der Waals surface area contributed by atoms with Crippen LogP contribution in [0.4, 0.5) is 13.2 Å². The molecular weight excluding hydrogens is 391 g/mol. The molecule has 4 aromatic rings. The topological polar surface area (TPSA) is 43.1 Å². The quantitative estimate of drug-likeness (QED) is 0.276. The van der Waals surface area contributed by atoms with Crippen LogP contribution in [0.25, 0.3) is 34.2 Å². The molecule has 1 heterocycles. The Kier molecular flexibility index (Phi) is 4.99. The maximum Gasteiger partial charge on any atom is 0.416 e. The molecule has 3 aromatic carbocycles. The second-order valence-electron chi connectivity index (χ2n) is 6.89. The Hall–Kier alpha value is -3.67. The van der Waals surface area contributed by atoms with Crippen molar-refractivity contribution >= 4 is 29.4 Å². The first-order valence-corrected chi connectivity index (χ1v) is 9.16. The van der Waals surface area contributed by atoms with Crippen LogP contribution in [0.5, 0.6) is 0 Å². The van der Waals surface area contributed by atoms with Gasteiger partial charge in [0, 0.05) is 10.9 Å². The smallest absolute Gasteiger partial charge is 0.356 e. The summed E-state index contributed by atoms with van der Waals surface area (Å²) in [6, 6.07) is 14.7. The predicted octanol–water partition coefficient (Wildman–Crippen LogP) is 6.80. The standard InChI is InChI=1S/C24H16F3NO2/c1-15-17(6-8-19-11-16(14-29)5-10-22(19)24(25,26)27)3-2-4-21(15)18-7-9-20-13-28-30-23(20)12-18/h2-14H,1H3/b8-6+. The van der Waals surface area contributed by atoms with Crippen LogP contribution < -0.4 is 0 Å². The number of fused-ring (bicyclic) bond motifs is 1. The van der Waals surface area contributed by atoms with Gasteiger partial charge in [-0.15, -0.1) is 0 Å². The highest BCUT2D eigenvalue weighted by Crippen LogP contribution is 2.34. The Balaban J connectivity index is 1.75. The highest BCUT2D eigenvalue weighted by atomic mass is 19.4. The summed E-state index contributed by atoms with van der Waals surface area (Å²) < 4.78 is 45.2. The second-order valence-corrected chi connectivity index (χ2v) is 6.89. The zero-order chi connectivity index (χ0) is 21.3. The molecule has 3 nitrogen and oxygen atoms in total. The number of rotatable bonds is 4. The molecule has 4 rings (SSSR count). The van der Waals surface area contributed by atoms with Crippen LogP contribution in [0, 0.1) is 6.92 Å². The lowest BCUT2D eigenvalue weighted by Gasteiger charge is -2.12. The Morgan fingerprint density at radius 2 is 1.77 bits per heavy atom. The molecule has 0 aliphatic carbocycles. The van der Waals surface area contributed by atoms with E-state index in [9.17, 15) is 18.0 Å². The van der Waals surface area contributed by atoms with Gasteiger partial charge in [0.2, 0.25) is 0 Å². The number of hydrogen-bond donors (Lipinski definition) is 0. The van der Waals surface area contributed by atoms with Gasteiger partial charge in [-0.25, -0.2) is 0 Å². The highest BCUT2D eigenvalue weighted by molar-refractivity contribution is 5.85. The molecule has 0 radical (unpaired) electrons. The molecular formula is C24H16F3NO2. The van der Waals surface area contributed by atoms with Crippen LogP contribution in [0.2, 0.25) is 0 Å². The van der Waals surface area contributed by atoms with E-state index >= 15 is 0 Å². The van der Waals surface area contributed by atoms with Gasteiger partial charge in [-0.2, -0.15) is 13.2 Å². The van der Waals surface area contributed by atoms with Crippen LogP contribution in [-0.2, 0) is 6.18 Å². The largest absolute Gasteiger partial charge is 0.416 e. The number of carbonyl (C=O) groups excluding carboxylic acids is 1. The van der Waals surface area contributed by atoms with Gasteiger partial charge < -0.3 is 4.52 Å². The molecule has 0 bridgehead atoms. The Bertz CT molecular complexity index is 1270. The molecule has 0 atom stereocenters. The molecule has 0 fully saturated rings. The van der Waals surface area contributed by atoms with E-state index in [2.05, 4.69) is 5.16 Å². The summed E-state index contributed by atoms with van der Waals surface area (Å²) in [5, 5.41) is 4.67. The summed E-state index contributed by atoms with van der Waals surface area (Å²) in [7, 11) is 0. The lowest BCUT2D eigenvalue weighted by Crippen LogP contribution is -2.07. The van der Waals surface area contributed by atoms with Gasteiger partial charge >= 0.3 is 6.18 Å². The molecule has 1 aromatic heterocycles. The maximum atomic E-state index is 13.3. The zero-order valence-corrected chi connectivity index (χ0v) is 15.9. The van der Waals surface area contributed by atoms with Crippen molar-refractivity contribution in [3.63, 3.8) is 0 Å². The van der Waals surface area contributed by atoms with Crippen LogP contribution >= 0.6 is 0 Å². The molecule has 0 N–H and O–H groups in total. The van der Waals surface area contributed by atoms with Crippen molar-refractivity contribution in [2.75, 3.05) is 0 Å². The summed E-state index contributed by atoms with van der Waals surface area (Å²) in [5.74, 6) is 0. The fourth-order valence-electron chi connectivity index (χ4n) is 3.40. The first-order chi connectivity index (χ1) is 14.4. The fraction of sp³-hybridized carbons (Fsp3) is 0.0833. The number of benzene rings is 3. The highest BCUT2D eigenvalue weighted by Gasteiger charge is 2.32. The average molecular weight is 407 g/mol. The van der Waals surface area contributed by atoms with E-state index < -0.39 is 11.7 Å².